The molecule has 0 bridgehead atoms. The van der Waals surface area contributed by atoms with Crippen molar-refractivity contribution in [3.05, 3.63) is 23.8 Å². The van der Waals surface area contributed by atoms with Crippen molar-refractivity contribution >= 4 is 5.69 Å². The number of rotatable bonds is 4. The predicted molar refractivity (Wildman–Crippen MR) is 88.2 cm³/mol. The Kier molecular flexibility index (Phi) is 4.12. The van der Waals surface area contributed by atoms with E-state index in [0.29, 0.717) is 6.04 Å². The normalized spacial score (nSPS) is 25.7. The van der Waals surface area contributed by atoms with E-state index in [2.05, 4.69) is 49.2 Å². The predicted octanol–water partition coefficient (Wildman–Crippen LogP) is 3.54. The van der Waals surface area contributed by atoms with Crippen molar-refractivity contribution < 1.29 is 4.74 Å². The summed E-state index contributed by atoms with van der Waals surface area (Å²) in [5.41, 5.74) is 2.95. The Morgan fingerprint density at radius 3 is 3.05 bits per heavy atom. The molecule has 0 amide bonds. The molecule has 0 radical (unpaired) electrons. The van der Waals surface area contributed by atoms with Gasteiger partial charge in [-0.2, -0.15) is 0 Å². The Labute approximate surface area is 128 Å². The number of hydrogen-bond acceptors (Lipinski definition) is 3. The van der Waals surface area contributed by atoms with Gasteiger partial charge in [0.25, 0.3) is 0 Å². The zero-order valence-electron chi connectivity index (χ0n) is 13.6. The molecule has 1 atom stereocenters. The molecule has 1 fully saturated rings. The van der Waals surface area contributed by atoms with Crippen molar-refractivity contribution in [1.82, 2.24) is 4.90 Å². The van der Waals surface area contributed by atoms with E-state index in [9.17, 15) is 0 Å². The summed E-state index contributed by atoms with van der Waals surface area (Å²) in [5, 5.41) is 3.40. The maximum absolute atomic E-state index is 6.15. The fourth-order valence-corrected chi connectivity index (χ4v) is 3.54. The monoisotopic (exact) mass is 288 g/mol. The quantitative estimate of drug-likeness (QED) is 0.917. The van der Waals surface area contributed by atoms with E-state index >= 15 is 0 Å². The van der Waals surface area contributed by atoms with Crippen LogP contribution in [0, 0.1) is 5.41 Å². The van der Waals surface area contributed by atoms with Crippen LogP contribution < -0.4 is 10.1 Å². The van der Waals surface area contributed by atoms with Crippen LogP contribution in [0.3, 0.4) is 0 Å². The SMILES string of the molecule is CC(C)N1CCCC(C)(COc2ccc3c(c2)CCN3)C1. The summed E-state index contributed by atoms with van der Waals surface area (Å²) < 4.78 is 6.15. The number of fused-ring (bicyclic) bond motifs is 1. The molecular weight excluding hydrogens is 260 g/mol. The number of hydrogen-bond donors (Lipinski definition) is 1. The van der Waals surface area contributed by atoms with E-state index < -0.39 is 0 Å². The van der Waals surface area contributed by atoms with Crippen molar-refractivity contribution in [3.8, 4) is 5.75 Å². The summed E-state index contributed by atoms with van der Waals surface area (Å²) in [6, 6.07) is 7.10. The molecule has 1 saturated heterocycles. The van der Waals surface area contributed by atoms with Crippen molar-refractivity contribution in [3.63, 3.8) is 0 Å². The largest absolute Gasteiger partial charge is 0.493 e. The fourth-order valence-electron chi connectivity index (χ4n) is 3.54. The molecule has 0 aliphatic carbocycles. The maximum Gasteiger partial charge on any atom is 0.119 e. The molecule has 1 aromatic rings. The molecule has 3 rings (SSSR count). The molecule has 2 aliphatic heterocycles. The van der Waals surface area contributed by atoms with Gasteiger partial charge in [0, 0.05) is 30.2 Å². The molecule has 2 aliphatic rings. The second-order valence-corrected chi connectivity index (χ2v) is 7.26. The molecule has 2 heterocycles. The first kappa shape index (κ1) is 14.7. The summed E-state index contributed by atoms with van der Waals surface area (Å²) in [6.45, 7) is 11.2. The highest BCUT2D eigenvalue weighted by Gasteiger charge is 2.32. The van der Waals surface area contributed by atoms with Gasteiger partial charge < -0.3 is 15.0 Å². The van der Waals surface area contributed by atoms with Crippen molar-refractivity contribution in [2.75, 3.05) is 31.6 Å². The molecule has 0 spiro atoms. The van der Waals surface area contributed by atoms with Gasteiger partial charge in [-0.1, -0.05) is 6.92 Å². The van der Waals surface area contributed by atoms with Crippen LogP contribution in [0.2, 0.25) is 0 Å². The fraction of sp³-hybridized carbons (Fsp3) is 0.667. The van der Waals surface area contributed by atoms with Crippen molar-refractivity contribution in [2.24, 2.45) is 5.41 Å². The average Bonchev–Trinajstić information content (AvgIpc) is 2.93. The Hall–Kier alpha value is -1.22. The average molecular weight is 288 g/mol. The van der Waals surface area contributed by atoms with E-state index in [4.69, 9.17) is 4.74 Å². The van der Waals surface area contributed by atoms with Gasteiger partial charge in [-0.3, -0.25) is 0 Å². The van der Waals surface area contributed by atoms with Gasteiger partial charge in [-0.15, -0.1) is 0 Å². The van der Waals surface area contributed by atoms with Crippen LogP contribution in [-0.2, 0) is 6.42 Å². The Bertz CT molecular complexity index is 500. The molecule has 3 heteroatoms. The Balaban J connectivity index is 1.61. The van der Waals surface area contributed by atoms with Crippen LogP contribution in [0.15, 0.2) is 18.2 Å². The molecule has 116 valence electrons. The minimum Gasteiger partial charge on any atom is -0.493 e. The zero-order valence-corrected chi connectivity index (χ0v) is 13.6. The lowest BCUT2D eigenvalue weighted by Gasteiger charge is -2.42. The molecule has 0 saturated carbocycles. The first-order valence-corrected chi connectivity index (χ1v) is 8.29. The lowest BCUT2D eigenvalue weighted by molar-refractivity contribution is 0.0405. The maximum atomic E-state index is 6.15. The number of benzene rings is 1. The number of likely N-dealkylation sites (tertiary alicyclic amines) is 1. The van der Waals surface area contributed by atoms with Gasteiger partial charge in [0.05, 0.1) is 6.61 Å². The number of piperidine rings is 1. The third-order valence-electron chi connectivity index (χ3n) is 4.91. The number of nitrogens with zero attached hydrogens (tertiary/aromatic N) is 1. The van der Waals surface area contributed by atoms with Gasteiger partial charge in [-0.25, -0.2) is 0 Å². The van der Waals surface area contributed by atoms with Crippen LogP contribution in [-0.4, -0.2) is 37.2 Å². The number of nitrogens with one attached hydrogen (secondary N) is 1. The summed E-state index contributed by atoms with van der Waals surface area (Å²) >= 11 is 0. The van der Waals surface area contributed by atoms with Crippen LogP contribution in [0.4, 0.5) is 5.69 Å². The third kappa shape index (κ3) is 3.34. The molecule has 1 unspecified atom stereocenters. The van der Waals surface area contributed by atoms with E-state index in [0.717, 1.165) is 31.9 Å². The minimum absolute atomic E-state index is 0.278. The summed E-state index contributed by atoms with van der Waals surface area (Å²) in [5.74, 6) is 1.03. The number of ether oxygens (including phenoxy) is 1. The minimum atomic E-state index is 0.278. The summed E-state index contributed by atoms with van der Waals surface area (Å²) in [7, 11) is 0. The Morgan fingerprint density at radius 1 is 1.38 bits per heavy atom. The lowest BCUT2D eigenvalue weighted by Crippen LogP contribution is -2.47. The molecule has 0 aromatic heterocycles. The molecule has 3 nitrogen and oxygen atoms in total. The van der Waals surface area contributed by atoms with Crippen LogP contribution in [0.1, 0.15) is 39.2 Å². The highest BCUT2D eigenvalue weighted by atomic mass is 16.5. The van der Waals surface area contributed by atoms with Crippen LogP contribution in [0.5, 0.6) is 5.75 Å². The summed E-state index contributed by atoms with van der Waals surface area (Å²) in [6.07, 6.45) is 3.67. The van der Waals surface area contributed by atoms with E-state index in [1.165, 1.54) is 30.6 Å². The van der Waals surface area contributed by atoms with Crippen molar-refractivity contribution in [2.45, 2.75) is 46.1 Å². The van der Waals surface area contributed by atoms with Gasteiger partial charge >= 0.3 is 0 Å². The van der Waals surface area contributed by atoms with Crippen molar-refractivity contribution in [1.29, 1.82) is 0 Å². The first-order valence-electron chi connectivity index (χ1n) is 8.29. The molecule has 1 N–H and O–H groups in total. The van der Waals surface area contributed by atoms with E-state index in [1.807, 2.05) is 0 Å². The molecule has 1 aromatic carbocycles. The van der Waals surface area contributed by atoms with Gasteiger partial charge in [0.1, 0.15) is 5.75 Å². The Morgan fingerprint density at radius 2 is 2.24 bits per heavy atom. The van der Waals surface area contributed by atoms with Gasteiger partial charge in [0.15, 0.2) is 0 Å². The number of anilines is 1. The third-order valence-corrected chi connectivity index (χ3v) is 4.91. The highest BCUT2D eigenvalue weighted by molar-refractivity contribution is 5.57. The standard InChI is InChI=1S/C18H28N2O/c1-14(2)20-10-4-8-18(3,12-20)13-21-16-5-6-17-15(11-16)7-9-19-17/h5-6,11,14,19H,4,7-10,12-13H2,1-3H3. The van der Waals surface area contributed by atoms with E-state index in [-0.39, 0.29) is 5.41 Å². The first-order chi connectivity index (χ1) is 10.1. The molecular formula is C18H28N2O. The smallest absolute Gasteiger partial charge is 0.119 e. The highest BCUT2D eigenvalue weighted by Crippen LogP contribution is 2.32. The molecule has 21 heavy (non-hydrogen) atoms. The van der Waals surface area contributed by atoms with Crippen LogP contribution in [0.25, 0.3) is 0 Å². The zero-order chi connectivity index (χ0) is 14.9. The lowest BCUT2D eigenvalue weighted by atomic mass is 9.82. The van der Waals surface area contributed by atoms with E-state index in [1.54, 1.807) is 0 Å². The summed E-state index contributed by atoms with van der Waals surface area (Å²) in [4.78, 5) is 2.58. The topological polar surface area (TPSA) is 24.5 Å². The van der Waals surface area contributed by atoms with Crippen LogP contribution >= 0.6 is 0 Å². The van der Waals surface area contributed by atoms with Gasteiger partial charge in [-0.05, 0) is 63.4 Å². The second-order valence-electron chi connectivity index (χ2n) is 7.26. The second kappa shape index (κ2) is 5.88. The van der Waals surface area contributed by atoms with Gasteiger partial charge in [0.2, 0.25) is 0 Å².